The van der Waals surface area contributed by atoms with Gasteiger partial charge in [0.15, 0.2) is 0 Å². The average Bonchev–Trinajstić information content (AvgIpc) is 3.41. The number of benzene rings is 1. The molecule has 1 aromatic carbocycles. The molecule has 1 saturated heterocycles. The number of likely N-dealkylation sites (tertiary alicyclic amines) is 1. The van der Waals surface area contributed by atoms with Crippen molar-refractivity contribution in [2.45, 2.75) is 12.8 Å². The van der Waals surface area contributed by atoms with Gasteiger partial charge in [0.2, 0.25) is 0 Å². The molecular weight excluding hydrogens is 362 g/mol. The number of fused-ring (bicyclic) bond motifs is 1. The van der Waals surface area contributed by atoms with E-state index >= 15 is 0 Å². The number of hydrogen-bond acceptors (Lipinski definition) is 2. The van der Waals surface area contributed by atoms with Crippen LogP contribution >= 0.6 is 0 Å². The van der Waals surface area contributed by atoms with Crippen LogP contribution in [0.15, 0.2) is 34.7 Å². The second kappa shape index (κ2) is 9.97. The molecule has 2 aromatic rings. The molecule has 26 heavy (non-hydrogen) atoms. The fourth-order valence-corrected chi connectivity index (χ4v) is 3.45. The molecule has 0 spiro atoms. The third-order valence-electron chi connectivity index (χ3n) is 4.75. The Kier molecular flexibility index (Phi) is 7.66. The molecule has 10 radical (unpaired) electrons. The van der Waals surface area contributed by atoms with Gasteiger partial charge in [-0.2, -0.15) is 0 Å². The van der Waals surface area contributed by atoms with Gasteiger partial charge in [-0.3, -0.25) is 0 Å². The number of rotatable bonds is 3. The zero-order chi connectivity index (χ0) is 16.9. The van der Waals surface area contributed by atoms with Crippen LogP contribution in [0.5, 0.6) is 0 Å². The van der Waals surface area contributed by atoms with Gasteiger partial charge < -0.3 is 9.32 Å². The van der Waals surface area contributed by atoms with E-state index in [1.54, 1.807) is 0 Å². The van der Waals surface area contributed by atoms with Crippen molar-refractivity contribution in [3.8, 4) is 0 Å². The Bertz CT molecular complexity index is 616. The summed E-state index contributed by atoms with van der Waals surface area (Å²) in [5, 5.41) is 1.18. The van der Waals surface area contributed by atoms with Gasteiger partial charge in [-0.25, -0.2) is 0 Å². The van der Waals surface area contributed by atoms with Gasteiger partial charge in [-0.05, 0) is 89.4 Å². The van der Waals surface area contributed by atoms with E-state index in [9.17, 15) is 0 Å². The average molecular weight is 385 g/mol. The van der Waals surface area contributed by atoms with Gasteiger partial charge in [0.05, 0.1) is 5.92 Å². The maximum Gasteiger partial charge on any atom is 0.134 e. The molecule has 3 aliphatic rings. The van der Waals surface area contributed by atoms with Crippen molar-refractivity contribution in [2.24, 2.45) is 0 Å². The molecule has 2 saturated carbocycles. The summed E-state index contributed by atoms with van der Waals surface area (Å²) in [4.78, 5) is 2.53. The van der Waals surface area contributed by atoms with Crippen LogP contribution in [-0.4, -0.2) is 24.5 Å². The van der Waals surface area contributed by atoms with Gasteiger partial charge in [0.1, 0.15) is 11.3 Å². The van der Waals surface area contributed by atoms with Gasteiger partial charge in [0, 0.05) is 34.9 Å². The summed E-state index contributed by atoms with van der Waals surface area (Å²) in [6, 6.07) is 10.4. The topological polar surface area (TPSA) is 16.4 Å². The van der Waals surface area contributed by atoms with Crippen molar-refractivity contribution < 1.29 is 21.5 Å². The molecule has 0 atom stereocenters. The second-order valence-electron chi connectivity index (χ2n) is 6.56. The molecular formula is C23H23FeNO. The summed E-state index contributed by atoms with van der Waals surface area (Å²) in [5.41, 5.74) is 0.968. The summed E-state index contributed by atoms with van der Waals surface area (Å²) in [6.45, 7) is 3.49. The van der Waals surface area contributed by atoms with Crippen LogP contribution in [0, 0.1) is 63.2 Å². The quantitative estimate of drug-likeness (QED) is 0.714. The van der Waals surface area contributed by atoms with E-state index in [1.165, 1.54) is 43.2 Å². The van der Waals surface area contributed by atoms with Crippen molar-refractivity contribution in [1.29, 1.82) is 0 Å². The first kappa shape index (κ1) is 20.0. The van der Waals surface area contributed by atoms with E-state index in [4.69, 9.17) is 4.42 Å². The number of hydrogen-bond donors (Lipinski definition) is 0. The van der Waals surface area contributed by atoms with Crippen molar-refractivity contribution >= 4 is 11.0 Å². The standard InChI is InChI=1S/C18H18NO.C5H5.Fe/c1-2-9-17-14(6-1)12-18(20-17)16-8-5-7-15(16)13-19-10-3-4-11-19;1-2-4-5-3-1;/h1-2,5-9,12H,3-4,10-11,13H2;1-5H;. The maximum atomic E-state index is 6.00. The molecule has 2 aliphatic carbocycles. The van der Waals surface area contributed by atoms with Gasteiger partial charge >= 0.3 is 0 Å². The van der Waals surface area contributed by atoms with E-state index in [0.717, 1.165) is 17.9 Å². The molecule has 1 aliphatic heterocycles. The Morgan fingerprint density at radius 1 is 0.846 bits per heavy atom. The Labute approximate surface area is 169 Å². The van der Waals surface area contributed by atoms with E-state index in [2.05, 4.69) is 42.4 Å². The van der Waals surface area contributed by atoms with Gasteiger partial charge in [0.25, 0.3) is 0 Å². The molecule has 0 bridgehead atoms. The van der Waals surface area contributed by atoms with Crippen molar-refractivity contribution in [3.05, 3.63) is 99.3 Å². The zero-order valence-electron chi connectivity index (χ0n) is 14.8. The first-order valence-corrected chi connectivity index (χ1v) is 9.03. The number of para-hydroxylation sites is 1. The number of furan rings is 1. The largest absolute Gasteiger partial charge is 0.460 e. The zero-order valence-corrected chi connectivity index (χ0v) is 15.9. The minimum Gasteiger partial charge on any atom is -0.460 e. The summed E-state index contributed by atoms with van der Waals surface area (Å²) in [7, 11) is 0. The molecule has 0 amide bonds. The summed E-state index contributed by atoms with van der Waals surface area (Å²) in [5.74, 6) is 3.62. The molecule has 134 valence electrons. The molecule has 0 unspecified atom stereocenters. The molecule has 5 rings (SSSR count). The summed E-state index contributed by atoms with van der Waals surface area (Å²) < 4.78 is 6.00. The normalized spacial score (nSPS) is 21.7. The van der Waals surface area contributed by atoms with Crippen LogP contribution < -0.4 is 0 Å². The van der Waals surface area contributed by atoms with E-state index in [1.807, 2.05) is 44.2 Å². The summed E-state index contributed by atoms with van der Waals surface area (Å²) in [6.07, 6.45) is 19.2. The Morgan fingerprint density at radius 3 is 2.23 bits per heavy atom. The van der Waals surface area contributed by atoms with Crippen molar-refractivity contribution in [1.82, 2.24) is 4.90 Å². The number of nitrogens with zero attached hydrogens (tertiary/aromatic N) is 1. The van der Waals surface area contributed by atoms with E-state index in [-0.39, 0.29) is 17.1 Å². The van der Waals surface area contributed by atoms with Gasteiger partial charge in [-0.15, -0.1) is 0 Å². The Morgan fingerprint density at radius 2 is 1.54 bits per heavy atom. The molecule has 2 nitrogen and oxygen atoms in total. The van der Waals surface area contributed by atoms with Crippen LogP contribution in [0.2, 0.25) is 0 Å². The monoisotopic (exact) mass is 385 g/mol. The van der Waals surface area contributed by atoms with Crippen LogP contribution in [0.25, 0.3) is 11.0 Å². The first-order valence-electron chi connectivity index (χ1n) is 9.03. The second-order valence-corrected chi connectivity index (χ2v) is 6.56. The minimum absolute atomic E-state index is 0. The van der Waals surface area contributed by atoms with Crippen molar-refractivity contribution in [3.63, 3.8) is 0 Å². The Balaban J connectivity index is 0.000000285. The Hall–Kier alpha value is -0.761. The predicted octanol–water partition coefficient (Wildman–Crippen LogP) is 4.67. The fourth-order valence-electron chi connectivity index (χ4n) is 3.45. The molecule has 1 aromatic heterocycles. The van der Waals surface area contributed by atoms with E-state index < -0.39 is 0 Å². The van der Waals surface area contributed by atoms with E-state index in [0.29, 0.717) is 0 Å². The molecule has 0 N–H and O–H groups in total. The maximum absolute atomic E-state index is 6.00. The first-order chi connectivity index (χ1) is 12.4. The molecule has 2 heterocycles. The third kappa shape index (κ3) is 4.94. The van der Waals surface area contributed by atoms with Crippen LogP contribution in [0.1, 0.15) is 18.6 Å². The molecule has 3 fully saturated rings. The van der Waals surface area contributed by atoms with Crippen LogP contribution in [0.3, 0.4) is 0 Å². The van der Waals surface area contributed by atoms with Crippen LogP contribution in [0.4, 0.5) is 0 Å². The van der Waals surface area contributed by atoms with Crippen molar-refractivity contribution in [2.75, 3.05) is 19.6 Å². The van der Waals surface area contributed by atoms with Crippen LogP contribution in [-0.2, 0) is 17.1 Å². The van der Waals surface area contributed by atoms with Gasteiger partial charge in [-0.1, -0.05) is 18.2 Å². The minimum atomic E-state index is 0. The predicted molar refractivity (Wildman–Crippen MR) is 102 cm³/mol. The fraction of sp³-hybridized carbons (Fsp3) is 0.217. The SMILES string of the molecule is [CH]1[CH][CH][CH][CH]1.[CH]1[CH][C](CN2CCCC2)[C](c2cc3ccccc3o2)[CH]1.[Fe]. The smallest absolute Gasteiger partial charge is 0.134 e. The third-order valence-corrected chi connectivity index (χ3v) is 4.75. The summed E-state index contributed by atoms with van der Waals surface area (Å²) >= 11 is 0. The molecule has 3 heteroatoms.